The van der Waals surface area contributed by atoms with Gasteiger partial charge in [-0.25, -0.2) is 8.42 Å². The van der Waals surface area contributed by atoms with E-state index in [1.165, 1.54) is 16.4 Å². The lowest BCUT2D eigenvalue weighted by atomic mass is 10.2. The second-order valence-electron chi connectivity index (χ2n) is 6.64. The Labute approximate surface area is 165 Å². The molecule has 2 aromatic rings. The fourth-order valence-corrected chi connectivity index (χ4v) is 4.20. The highest BCUT2D eigenvalue weighted by molar-refractivity contribution is 7.89. The third-order valence-corrected chi connectivity index (χ3v) is 6.52. The number of amides is 1. The fraction of sp³-hybridized carbons (Fsp3) is 0.421. The molecule has 3 rings (SSSR count). The van der Waals surface area contributed by atoms with E-state index in [9.17, 15) is 13.2 Å². The van der Waals surface area contributed by atoms with Gasteiger partial charge in [0.15, 0.2) is 5.76 Å². The van der Waals surface area contributed by atoms with Crippen LogP contribution in [-0.4, -0.2) is 64.6 Å². The van der Waals surface area contributed by atoms with Crippen molar-refractivity contribution in [3.05, 3.63) is 48.2 Å². The molecule has 28 heavy (non-hydrogen) atoms. The van der Waals surface area contributed by atoms with E-state index in [4.69, 9.17) is 9.15 Å². The van der Waals surface area contributed by atoms with Crippen molar-refractivity contribution in [1.82, 2.24) is 9.62 Å². The summed E-state index contributed by atoms with van der Waals surface area (Å²) in [7, 11) is -1.81. The first-order valence-corrected chi connectivity index (χ1v) is 10.6. The van der Waals surface area contributed by atoms with E-state index in [-0.39, 0.29) is 30.0 Å². The van der Waals surface area contributed by atoms with E-state index in [0.717, 1.165) is 5.69 Å². The van der Waals surface area contributed by atoms with Gasteiger partial charge in [-0.15, -0.1) is 0 Å². The maximum atomic E-state index is 12.6. The van der Waals surface area contributed by atoms with Crippen molar-refractivity contribution in [3.63, 3.8) is 0 Å². The summed E-state index contributed by atoms with van der Waals surface area (Å²) in [6, 6.07) is 12.6. The van der Waals surface area contributed by atoms with Crippen molar-refractivity contribution in [2.75, 3.05) is 44.8 Å². The summed E-state index contributed by atoms with van der Waals surface area (Å²) in [5.41, 5.74) is 1.04. The van der Waals surface area contributed by atoms with Gasteiger partial charge in [-0.3, -0.25) is 4.79 Å². The zero-order valence-corrected chi connectivity index (χ0v) is 16.8. The quantitative estimate of drug-likeness (QED) is 0.749. The molecular weight excluding hydrogens is 382 g/mol. The Bertz CT molecular complexity index is 891. The lowest BCUT2D eigenvalue weighted by Crippen LogP contribution is -2.40. The first kappa shape index (κ1) is 20.4. The molecule has 0 radical (unpaired) electrons. The number of likely N-dealkylation sites (N-methyl/N-ethyl adjacent to an activating group) is 1. The molecule has 0 aliphatic carbocycles. The summed E-state index contributed by atoms with van der Waals surface area (Å²) in [4.78, 5) is 14.4. The van der Waals surface area contributed by atoms with Gasteiger partial charge in [0.25, 0.3) is 15.9 Å². The van der Waals surface area contributed by atoms with Gasteiger partial charge < -0.3 is 19.4 Å². The van der Waals surface area contributed by atoms with E-state index in [0.29, 0.717) is 19.8 Å². The number of ether oxygens (including phenoxy) is 1. The van der Waals surface area contributed by atoms with Gasteiger partial charge in [-0.1, -0.05) is 18.2 Å². The lowest BCUT2D eigenvalue weighted by molar-refractivity contribution is 0.0722. The number of benzene rings is 1. The van der Waals surface area contributed by atoms with Crippen LogP contribution in [0.5, 0.6) is 0 Å². The minimum Gasteiger partial charge on any atom is -0.438 e. The molecule has 1 fully saturated rings. The molecular formula is C19H25N3O5S. The molecule has 8 nitrogen and oxygen atoms in total. The molecule has 1 saturated heterocycles. The largest absolute Gasteiger partial charge is 0.438 e. The fourth-order valence-electron chi connectivity index (χ4n) is 2.88. The van der Waals surface area contributed by atoms with Crippen LogP contribution in [0.1, 0.15) is 17.5 Å². The molecule has 2 heterocycles. The highest BCUT2D eigenvalue weighted by atomic mass is 32.2. The second kappa shape index (κ2) is 8.76. The van der Waals surface area contributed by atoms with Gasteiger partial charge in [0.2, 0.25) is 5.09 Å². The lowest BCUT2D eigenvalue weighted by Gasteiger charge is -2.27. The molecule has 0 unspecified atom stereocenters. The van der Waals surface area contributed by atoms with Crippen LogP contribution in [0.2, 0.25) is 0 Å². The van der Waals surface area contributed by atoms with Crippen LogP contribution in [0.15, 0.2) is 52.0 Å². The van der Waals surface area contributed by atoms with Crippen LogP contribution in [0.4, 0.5) is 5.69 Å². The first-order valence-electron chi connectivity index (χ1n) is 9.13. The number of hydrogen-bond acceptors (Lipinski definition) is 6. The monoisotopic (exact) mass is 407 g/mol. The molecule has 1 amide bonds. The number of morpholine rings is 1. The Morgan fingerprint density at radius 2 is 1.86 bits per heavy atom. The number of nitrogens with zero attached hydrogens (tertiary/aromatic N) is 2. The number of furan rings is 1. The Kier molecular flexibility index (Phi) is 6.38. The summed E-state index contributed by atoms with van der Waals surface area (Å²) in [5.74, 6) is -0.474. The van der Waals surface area contributed by atoms with Gasteiger partial charge in [0, 0.05) is 38.4 Å². The molecule has 0 saturated carbocycles. The van der Waals surface area contributed by atoms with Gasteiger partial charge in [0.1, 0.15) is 0 Å². The van der Waals surface area contributed by atoms with Crippen molar-refractivity contribution in [2.24, 2.45) is 0 Å². The number of carbonyl (C=O) groups excluding carboxylic acids is 1. The summed E-state index contributed by atoms with van der Waals surface area (Å²) >= 11 is 0. The zero-order valence-electron chi connectivity index (χ0n) is 16.0. The minimum absolute atomic E-state index is 0.0265. The van der Waals surface area contributed by atoms with Crippen LogP contribution in [0, 0.1) is 0 Å². The summed E-state index contributed by atoms with van der Waals surface area (Å²) in [6.07, 6.45) is 0. The number of rotatable bonds is 7. The van der Waals surface area contributed by atoms with Crippen LogP contribution >= 0.6 is 0 Å². The highest BCUT2D eigenvalue weighted by Crippen LogP contribution is 2.20. The highest BCUT2D eigenvalue weighted by Gasteiger charge is 2.30. The maximum absolute atomic E-state index is 12.6. The van der Waals surface area contributed by atoms with E-state index < -0.39 is 15.9 Å². The van der Waals surface area contributed by atoms with Gasteiger partial charge >= 0.3 is 0 Å². The Hall–Kier alpha value is -2.36. The molecule has 1 aromatic carbocycles. The zero-order chi connectivity index (χ0) is 20.1. The Morgan fingerprint density at radius 1 is 1.18 bits per heavy atom. The number of anilines is 1. The SMILES string of the molecule is C[C@H](CNC(=O)c1ccc(S(=O)(=O)N2CCOCC2)o1)N(C)c1ccccc1. The third-order valence-electron chi connectivity index (χ3n) is 4.75. The molecule has 1 aliphatic rings. The average Bonchev–Trinajstić information content (AvgIpc) is 3.24. The number of nitrogens with one attached hydrogen (secondary N) is 1. The molecule has 152 valence electrons. The standard InChI is InChI=1S/C19H25N3O5S/c1-15(21(2)16-6-4-3-5-7-16)14-20-19(23)17-8-9-18(27-17)28(24,25)22-10-12-26-13-11-22/h3-9,15H,10-14H2,1-2H3,(H,20,23)/t15-/m1/s1. The maximum Gasteiger partial charge on any atom is 0.287 e. The first-order chi connectivity index (χ1) is 13.4. The van der Waals surface area contributed by atoms with Gasteiger partial charge in [0.05, 0.1) is 13.2 Å². The van der Waals surface area contributed by atoms with Crippen LogP contribution in [-0.2, 0) is 14.8 Å². The van der Waals surface area contributed by atoms with Crippen molar-refractivity contribution in [2.45, 2.75) is 18.1 Å². The second-order valence-corrected chi connectivity index (χ2v) is 8.51. The van der Waals surface area contributed by atoms with Crippen molar-refractivity contribution in [1.29, 1.82) is 0 Å². The van der Waals surface area contributed by atoms with E-state index >= 15 is 0 Å². The van der Waals surface area contributed by atoms with E-state index in [1.54, 1.807) is 0 Å². The summed E-state index contributed by atoms with van der Waals surface area (Å²) in [6.45, 7) is 3.61. The number of para-hydroxylation sites is 1. The van der Waals surface area contributed by atoms with Gasteiger partial charge in [-0.2, -0.15) is 4.31 Å². The predicted molar refractivity (Wildman–Crippen MR) is 105 cm³/mol. The molecule has 1 N–H and O–H groups in total. The topological polar surface area (TPSA) is 92.1 Å². The normalized spacial score (nSPS) is 16.5. The molecule has 1 atom stereocenters. The number of carbonyl (C=O) groups is 1. The summed E-state index contributed by atoms with van der Waals surface area (Å²) < 4.78 is 37.0. The molecule has 1 aromatic heterocycles. The van der Waals surface area contributed by atoms with E-state index in [2.05, 4.69) is 10.2 Å². The molecule has 0 spiro atoms. The minimum atomic E-state index is -3.76. The average molecular weight is 407 g/mol. The van der Waals surface area contributed by atoms with Crippen LogP contribution < -0.4 is 10.2 Å². The molecule has 0 bridgehead atoms. The van der Waals surface area contributed by atoms with Crippen molar-refractivity contribution < 1.29 is 22.4 Å². The summed E-state index contributed by atoms with van der Waals surface area (Å²) in [5, 5.41) is 2.56. The predicted octanol–water partition coefficient (Wildman–Crippen LogP) is 1.56. The molecule has 1 aliphatic heterocycles. The number of sulfonamides is 1. The van der Waals surface area contributed by atoms with Crippen molar-refractivity contribution >= 4 is 21.6 Å². The number of hydrogen-bond donors (Lipinski definition) is 1. The Balaban J connectivity index is 1.59. The molecule has 9 heteroatoms. The smallest absolute Gasteiger partial charge is 0.287 e. The third kappa shape index (κ3) is 4.54. The van der Waals surface area contributed by atoms with Gasteiger partial charge in [-0.05, 0) is 31.2 Å². The van der Waals surface area contributed by atoms with E-state index in [1.807, 2.05) is 44.3 Å². The van der Waals surface area contributed by atoms with Crippen LogP contribution in [0.25, 0.3) is 0 Å². The van der Waals surface area contributed by atoms with Crippen molar-refractivity contribution in [3.8, 4) is 0 Å². The Morgan fingerprint density at radius 3 is 2.54 bits per heavy atom. The van der Waals surface area contributed by atoms with Crippen LogP contribution in [0.3, 0.4) is 0 Å².